The van der Waals surface area contributed by atoms with Gasteiger partial charge in [-0.2, -0.15) is 0 Å². The first-order valence-electron chi connectivity index (χ1n) is 4.42. The maximum Gasteiger partial charge on any atom is 0.227 e. The van der Waals surface area contributed by atoms with Crippen molar-refractivity contribution in [2.45, 2.75) is 39.7 Å². The van der Waals surface area contributed by atoms with Gasteiger partial charge < -0.3 is 4.90 Å². The molecule has 2 heteroatoms. The predicted molar refractivity (Wildman–Crippen MR) is 49.5 cm³/mol. The van der Waals surface area contributed by atoms with E-state index >= 15 is 0 Å². The standard InChI is InChI=1S/C10H17NO/c1-8-5-6-11(9(12)7-8)10(2,3)4/h5-6,8H,7H2,1-4H3. The first-order chi connectivity index (χ1) is 5.41. The van der Waals surface area contributed by atoms with Gasteiger partial charge in [0.25, 0.3) is 0 Å². The van der Waals surface area contributed by atoms with Gasteiger partial charge in [0.05, 0.1) is 0 Å². The number of carbonyl (C=O) groups is 1. The van der Waals surface area contributed by atoms with Gasteiger partial charge in [0.2, 0.25) is 5.91 Å². The van der Waals surface area contributed by atoms with E-state index in [-0.39, 0.29) is 11.4 Å². The summed E-state index contributed by atoms with van der Waals surface area (Å²) in [6, 6.07) is 0. The fraction of sp³-hybridized carbons (Fsp3) is 0.700. The number of hydrogen-bond acceptors (Lipinski definition) is 1. The van der Waals surface area contributed by atoms with Gasteiger partial charge in [-0.3, -0.25) is 4.79 Å². The van der Waals surface area contributed by atoms with Crippen molar-refractivity contribution >= 4 is 5.91 Å². The molecule has 0 radical (unpaired) electrons. The van der Waals surface area contributed by atoms with Crippen LogP contribution in [-0.2, 0) is 4.79 Å². The zero-order chi connectivity index (χ0) is 9.35. The van der Waals surface area contributed by atoms with E-state index in [1.165, 1.54) is 0 Å². The van der Waals surface area contributed by atoms with Gasteiger partial charge in [-0.25, -0.2) is 0 Å². The summed E-state index contributed by atoms with van der Waals surface area (Å²) in [5.74, 6) is 0.633. The molecule has 0 saturated carbocycles. The van der Waals surface area contributed by atoms with Gasteiger partial charge in [0.1, 0.15) is 0 Å². The number of rotatable bonds is 0. The zero-order valence-electron chi connectivity index (χ0n) is 8.29. The molecule has 1 heterocycles. The molecule has 0 N–H and O–H groups in total. The summed E-state index contributed by atoms with van der Waals surface area (Å²) in [5.41, 5.74) is -0.0757. The molecule has 1 aliphatic heterocycles. The lowest BCUT2D eigenvalue weighted by atomic mass is 9.99. The molecule has 1 amide bonds. The smallest absolute Gasteiger partial charge is 0.227 e. The average molecular weight is 167 g/mol. The van der Waals surface area contributed by atoms with E-state index in [1.807, 2.05) is 31.9 Å². The van der Waals surface area contributed by atoms with Crippen LogP contribution in [0.5, 0.6) is 0 Å². The van der Waals surface area contributed by atoms with Crippen LogP contribution < -0.4 is 0 Å². The van der Waals surface area contributed by atoms with Crippen LogP contribution in [0.3, 0.4) is 0 Å². The Labute approximate surface area is 74.2 Å². The Morgan fingerprint density at radius 3 is 2.50 bits per heavy atom. The van der Waals surface area contributed by atoms with Crippen LogP contribution in [0.4, 0.5) is 0 Å². The van der Waals surface area contributed by atoms with Crippen molar-refractivity contribution in [1.29, 1.82) is 0 Å². The van der Waals surface area contributed by atoms with Crippen LogP contribution in [-0.4, -0.2) is 16.3 Å². The number of nitrogens with zero attached hydrogens (tertiary/aromatic N) is 1. The van der Waals surface area contributed by atoms with E-state index in [0.717, 1.165) is 0 Å². The zero-order valence-corrected chi connectivity index (χ0v) is 8.29. The van der Waals surface area contributed by atoms with Crippen LogP contribution >= 0.6 is 0 Å². The van der Waals surface area contributed by atoms with E-state index in [0.29, 0.717) is 12.3 Å². The molecule has 0 aliphatic carbocycles. The van der Waals surface area contributed by atoms with Gasteiger partial charge >= 0.3 is 0 Å². The Morgan fingerprint density at radius 2 is 2.08 bits per heavy atom. The Bertz CT molecular complexity index is 212. The van der Waals surface area contributed by atoms with Crippen LogP contribution in [0, 0.1) is 5.92 Å². The normalized spacial score (nSPS) is 24.8. The molecule has 0 spiro atoms. The molecule has 1 unspecified atom stereocenters. The minimum absolute atomic E-state index is 0.0757. The summed E-state index contributed by atoms with van der Waals surface area (Å²) < 4.78 is 0. The summed E-state index contributed by atoms with van der Waals surface area (Å²) in [6.45, 7) is 8.20. The minimum atomic E-state index is -0.0757. The maximum atomic E-state index is 11.5. The van der Waals surface area contributed by atoms with Crippen LogP contribution in [0.1, 0.15) is 34.1 Å². The van der Waals surface area contributed by atoms with E-state index in [4.69, 9.17) is 0 Å². The Kier molecular flexibility index (Phi) is 2.27. The molecule has 12 heavy (non-hydrogen) atoms. The minimum Gasteiger partial charge on any atom is -0.314 e. The lowest BCUT2D eigenvalue weighted by Gasteiger charge is -2.35. The highest BCUT2D eigenvalue weighted by Gasteiger charge is 2.27. The molecule has 68 valence electrons. The van der Waals surface area contributed by atoms with Crippen LogP contribution in [0.25, 0.3) is 0 Å². The lowest BCUT2D eigenvalue weighted by Crippen LogP contribution is -2.43. The summed E-state index contributed by atoms with van der Waals surface area (Å²) >= 11 is 0. The SMILES string of the molecule is CC1C=CN(C(C)(C)C)C(=O)C1. The van der Waals surface area contributed by atoms with Crippen molar-refractivity contribution in [1.82, 2.24) is 4.90 Å². The first kappa shape index (κ1) is 9.30. The van der Waals surface area contributed by atoms with Crippen molar-refractivity contribution in [2.24, 2.45) is 5.92 Å². The summed E-state index contributed by atoms with van der Waals surface area (Å²) in [7, 11) is 0. The molecule has 0 aromatic heterocycles. The van der Waals surface area contributed by atoms with Crippen LogP contribution in [0.2, 0.25) is 0 Å². The molecule has 2 nitrogen and oxygen atoms in total. The second-order valence-corrected chi connectivity index (χ2v) is 4.46. The Hall–Kier alpha value is -0.790. The molecule has 0 aromatic carbocycles. The number of hydrogen-bond donors (Lipinski definition) is 0. The molecule has 0 fully saturated rings. The largest absolute Gasteiger partial charge is 0.314 e. The third-order valence-electron chi connectivity index (χ3n) is 2.05. The number of carbonyl (C=O) groups excluding carboxylic acids is 1. The van der Waals surface area contributed by atoms with Gasteiger partial charge in [-0.1, -0.05) is 13.0 Å². The highest BCUT2D eigenvalue weighted by molar-refractivity contribution is 5.79. The fourth-order valence-corrected chi connectivity index (χ4v) is 1.36. The van der Waals surface area contributed by atoms with E-state index < -0.39 is 0 Å². The molecule has 1 atom stereocenters. The summed E-state index contributed by atoms with van der Waals surface area (Å²) in [5, 5.41) is 0. The van der Waals surface area contributed by atoms with Crippen molar-refractivity contribution in [3.8, 4) is 0 Å². The lowest BCUT2D eigenvalue weighted by molar-refractivity contribution is -0.133. The van der Waals surface area contributed by atoms with Crippen LogP contribution in [0.15, 0.2) is 12.3 Å². The van der Waals surface area contributed by atoms with Gasteiger partial charge in [0.15, 0.2) is 0 Å². The average Bonchev–Trinajstić information content (AvgIpc) is 1.83. The molecule has 0 saturated heterocycles. The van der Waals surface area contributed by atoms with Crippen molar-refractivity contribution < 1.29 is 4.79 Å². The summed E-state index contributed by atoms with van der Waals surface area (Å²) in [6.07, 6.45) is 4.65. The molecule has 1 aliphatic rings. The van der Waals surface area contributed by atoms with Crippen molar-refractivity contribution in [2.75, 3.05) is 0 Å². The Morgan fingerprint density at radius 1 is 1.50 bits per heavy atom. The molecular weight excluding hydrogens is 150 g/mol. The van der Waals surface area contributed by atoms with E-state index in [2.05, 4.69) is 13.0 Å². The van der Waals surface area contributed by atoms with E-state index in [9.17, 15) is 4.79 Å². The second-order valence-electron chi connectivity index (χ2n) is 4.46. The number of amides is 1. The molecule has 1 rings (SSSR count). The van der Waals surface area contributed by atoms with Gasteiger partial charge in [0, 0.05) is 18.2 Å². The molecule has 0 aromatic rings. The third-order valence-corrected chi connectivity index (χ3v) is 2.05. The maximum absolute atomic E-state index is 11.5. The van der Waals surface area contributed by atoms with Gasteiger partial charge in [-0.05, 0) is 26.7 Å². The summed E-state index contributed by atoms with van der Waals surface area (Å²) in [4.78, 5) is 13.3. The molecule has 0 bridgehead atoms. The van der Waals surface area contributed by atoms with E-state index in [1.54, 1.807) is 0 Å². The van der Waals surface area contributed by atoms with Gasteiger partial charge in [-0.15, -0.1) is 0 Å². The molecular formula is C10H17NO. The van der Waals surface area contributed by atoms with Crippen molar-refractivity contribution in [3.63, 3.8) is 0 Å². The third kappa shape index (κ3) is 1.87. The monoisotopic (exact) mass is 167 g/mol. The predicted octanol–water partition coefficient (Wildman–Crippen LogP) is 2.17. The number of allylic oxidation sites excluding steroid dienone is 1. The topological polar surface area (TPSA) is 20.3 Å². The quantitative estimate of drug-likeness (QED) is 0.541. The highest BCUT2D eigenvalue weighted by Crippen LogP contribution is 2.22. The highest BCUT2D eigenvalue weighted by atomic mass is 16.2. The second kappa shape index (κ2) is 2.92. The van der Waals surface area contributed by atoms with Crippen molar-refractivity contribution in [3.05, 3.63) is 12.3 Å². The fourth-order valence-electron chi connectivity index (χ4n) is 1.36. The first-order valence-corrected chi connectivity index (χ1v) is 4.42. The Balaban J connectivity index is 2.80.